The van der Waals surface area contributed by atoms with Crippen molar-refractivity contribution in [2.45, 2.75) is 59.5 Å². The highest BCUT2D eigenvalue weighted by atomic mass is 16.6. The number of nitrogens with one attached hydrogen (secondary N) is 1. The van der Waals surface area contributed by atoms with Gasteiger partial charge >= 0.3 is 6.09 Å². The SMILES string of the molecule is C=CN(C)c1ccc(Oc2ccc(Nc3ncnc4cnc(N5CCN(C(=O)OC(C)(C)C)CC5)c(OC)c34)cc2C)cc1C(C)CC. The van der Waals surface area contributed by atoms with Gasteiger partial charge in [0.2, 0.25) is 0 Å². The lowest BCUT2D eigenvalue weighted by Crippen LogP contribution is -2.50. The molecule has 11 nitrogen and oxygen atoms in total. The smallest absolute Gasteiger partial charge is 0.410 e. The Hall–Kier alpha value is -5.06. The summed E-state index contributed by atoms with van der Waals surface area (Å²) in [5.74, 6) is 3.77. The number of rotatable bonds is 10. The van der Waals surface area contributed by atoms with Crippen LogP contribution in [0.25, 0.3) is 10.9 Å². The molecule has 3 heterocycles. The molecule has 1 aliphatic heterocycles. The van der Waals surface area contributed by atoms with Crippen molar-refractivity contribution < 1.29 is 19.0 Å². The van der Waals surface area contributed by atoms with Gasteiger partial charge in [0.15, 0.2) is 11.6 Å². The first-order valence-corrected chi connectivity index (χ1v) is 16.4. The Morgan fingerprint density at radius 3 is 2.50 bits per heavy atom. The third kappa shape index (κ3) is 7.56. The van der Waals surface area contributed by atoms with E-state index < -0.39 is 5.60 Å². The number of fused-ring (bicyclic) bond motifs is 1. The number of benzene rings is 2. The standard InChI is InChI=1S/C37H47N7O4/c1-10-24(3)28-21-27(13-14-30(28)42(8)11-2)47-31-15-12-26(20-25(31)4)41-34-32-29(39-23-40-34)22-38-35(33(32)46-9)43-16-18-44(19-17-43)36(45)48-37(5,6)7/h11-15,20-24H,2,10,16-19H2,1,3-9H3,(H,39,40,41). The predicted octanol–water partition coefficient (Wildman–Crippen LogP) is 8.03. The van der Waals surface area contributed by atoms with Crippen LogP contribution in [0.2, 0.25) is 0 Å². The molecule has 48 heavy (non-hydrogen) atoms. The summed E-state index contributed by atoms with van der Waals surface area (Å²) in [7, 11) is 3.63. The molecule has 1 atom stereocenters. The molecule has 0 aliphatic carbocycles. The molecule has 5 rings (SSSR count). The first-order valence-electron chi connectivity index (χ1n) is 16.4. The van der Waals surface area contributed by atoms with Crippen LogP contribution < -0.4 is 24.6 Å². The summed E-state index contributed by atoms with van der Waals surface area (Å²) in [6.45, 7) is 18.2. The number of carbonyl (C=O) groups excluding carboxylic acids is 1. The lowest BCUT2D eigenvalue weighted by atomic mass is 9.96. The second kappa shape index (κ2) is 14.4. The normalized spacial score (nSPS) is 14.0. The maximum Gasteiger partial charge on any atom is 0.410 e. The van der Waals surface area contributed by atoms with Crippen LogP contribution in [0.15, 0.2) is 61.7 Å². The maximum absolute atomic E-state index is 12.6. The maximum atomic E-state index is 12.6. The van der Waals surface area contributed by atoms with E-state index in [9.17, 15) is 4.79 Å². The zero-order chi connectivity index (χ0) is 34.6. The van der Waals surface area contributed by atoms with E-state index >= 15 is 0 Å². The molecule has 1 fully saturated rings. The van der Waals surface area contributed by atoms with E-state index in [2.05, 4.69) is 52.7 Å². The summed E-state index contributed by atoms with van der Waals surface area (Å²) >= 11 is 0. The third-order valence-corrected chi connectivity index (χ3v) is 8.51. The van der Waals surface area contributed by atoms with Crippen LogP contribution in [0, 0.1) is 6.92 Å². The van der Waals surface area contributed by atoms with Gasteiger partial charge in [0.1, 0.15) is 29.2 Å². The highest BCUT2D eigenvalue weighted by Gasteiger charge is 2.28. The summed E-state index contributed by atoms with van der Waals surface area (Å²) in [6.07, 6.45) is 5.77. The van der Waals surface area contributed by atoms with Gasteiger partial charge in [-0.05, 0) is 93.8 Å². The molecule has 254 valence electrons. The zero-order valence-corrected chi connectivity index (χ0v) is 29.3. The number of aromatic nitrogens is 3. The van der Waals surface area contributed by atoms with Gasteiger partial charge in [-0.2, -0.15) is 0 Å². The van der Waals surface area contributed by atoms with Crippen LogP contribution in [0.3, 0.4) is 0 Å². The summed E-state index contributed by atoms with van der Waals surface area (Å²) in [5, 5.41) is 4.19. The summed E-state index contributed by atoms with van der Waals surface area (Å²) < 4.78 is 17.9. The Morgan fingerprint density at radius 2 is 1.85 bits per heavy atom. The molecular weight excluding hydrogens is 606 g/mol. The minimum absolute atomic E-state index is 0.308. The molecular formula is C37H47N7O4. The van der Waals surface area contributed by atoms with Gasteiger partial charge in [0.25, 0.3) is 0 Å². The van der Waals surface area contributed by atoms with E-state index in [0.717, 1.165) is 40.2 Å². The third-order valence-electron chi connectivity index (χ3n) is 8.51. The van der Waals surface area contributed by atoms with Gasteiger partial charge in [-0.1, -0.05) is 20.4 Å². The average molecular weight is 654 g/mol. The van der Waals surface area contributed by atoms with Gasteiger partial charge in [0, 0.05) is 44.6 Å². The van der Waals surface area contributed by atoms with Crippen LogP contribution in [0.1, 0.15) is 58.1 Å². The molecule has 4 aromatic rings. The van der Waals surface area contributed by atoms with Crippen LogP contribution >= 0.6 is 0 Å². The van der Waals surface area contributed by atoms with E-state index in [4.69, 9.17) is 19.2 Å². The quantitative estimate of drug-likeness (QED) is 0.181. The Morgan fingerprint density at radius 1 is 1.10 bits per heavy atom. The van der Waals surface area contributed by atoms with Crippen molar-refractivity contribution in [1.82, 2.24) is 19.9 Å². The summed E-state index contributed by atoms with van der Waals surface area (Å²) in [4.78, 5) is 32.2. The first kappa shape index (κ1) is 34.3. The Balaban J connectivity index is 1.37. The fraction of sp³-hybridized carbons (Fsp3) is 0.405. The number of hydrogen-bond donors (Lipinski definition) is 1. The molecule has 2 aromatic heterocycles. The van der Waals surface area contributed by atoms with Crippen molar-refractivity contribution in [2.24, 2.45) is 0 Å². The Kier molecular flexibility index (Phi) is 10.3. The van der Waals surface area contributed by atoms with Gasteiger partial charge in [-0.15, -0.1) is 0 Å². The lowest BCUT2D eigenvalue weighted by Gasteiger charge is -2.36. The molecule has 11 heteroatoms. The predicted molar refractivity (Wildman–Crippen MR) is 192 cm³/mol. The topological polar surface area (TPSA) is 105 Å². The summed E-state index contributed by atoms with van der Waals surface area (Å²) in [6, 6.07) is 12.2. The summed E-state index contributed by atoms with van der Waals surface area (Å²) in [5.41, 5.74) is 4.26. The minimum atomic E-state index is -0.543. The van der Waals surface area contributed by atoms with Crippen LogP contribution in [0.4, 0.5) is 27.8 Å². The molecule has 0 spiro atoms. The van der Waals surface area contributed by atoms with E-state index in [-0.39, 0.29) is 6.09 Å². The number of nitrogens with zero attached hydrogens (tertiary/aromatic N) is 6. The highest BCUT2D eigenvalue weighted by molar-refractivity contribution is 5.98. The molecule has 1 amide bonds. The highest BCUT2D eigenvalue weighted by Crippen LogP contribution is 2.39. The number of piperazine rings is 1. The van der Waals surface area contributed by atoms with Gasteiger partial charge in [0.05, 0.1) is 24.2 Å². The molecule has 0 bridgehead atoms. The van der Waals surface area contributed by atoms with Crippen molar-refractivity contribution in [1.29, 1.82) is 0 Å². The number of hydrogen-bond acceptors (Lipinski definition) is 10. The van der Waals surface area contributed by atoms with Crippen LogP contribution in [-0.4, -0.2) is 71.9 Å². The number of ether oxygens (including phenoxy) is 3. The fourth-order valence-corrected chi connectivity index (χ4v) is 5.69. The van der Waals surface area contributed by atoms with Crippen molar-refractivity contribution in [3.05, 3.63) is 72.8 Å². The fourth-order valence-electron chi connectivity index (χ4n) is 5.69. The average Bonchev–Trinajstić information content (AvgIpc) is 3.07. The second-order valence-corrected chi connectivity index (χ2v) is 13.1. The molecule has 0 radical (unpaired) electrons. The first-order chi connectivity index (χ1) is 22.9. The van der Waals surface area contributed by atoms with Crippen molar-refractivity contribution in [3.63, 3.8) is 0 Å². The van der Waals surface area contributed by atoms with Crippen molar-refractivity contribution in [2.75, 3.05) is 55.5 Å². The number of amides is 1. The molecule has 2 aromatic carbocycles. The molecule has 1 saturated heterocycles. The molecule has 1 unspecified atom stereocenters. The Bertz CT molecular complexity index is 1780. The van der Waals surface area contributed by atoms with Gasteiger partial charge < -0.3 is 34.2 Å². The second-order valence-electron chi connectivity index (χ2n) is 13.1. The van der Waals surface area contributed by atoms with Crippen LogP contribution in [0.5, 0.6) is 17.2 Å². The minimum Gasteiger partial charge on any atom is -0.492 e. The van der Waals surface area contributed by atoms with E-state index in [0.29, 0.717) is 55.0 Å². The Labute approximate surface area is 283 Å². The number of methoxy groups -OCH3 is 1. The number of carbonyl (C=O) groups is 1. The largest absolute Gasteiger partial charge is 0.492 e. The van der Waals surface area contributed by atoms with Crippen molar-refractivity contribution in [3.8, 4) is 17.2 Å². The molecule has 1 N–H and O–H groups in total. The zero-order valence-electron chi connectivity index (χ0n) is 29.3. The number of anilines is 4. The van der Waals surface area contributed by atoms with Crippen molar-refractivity contribution >= 4 is 40.0 Å². The monoisotopic (exact) mass is 653 g/mol. The van der Waals surface area contributed by atoms with Crippen LogP contribution in [-0.2, 0) is 4.74 Å². The lowest BCUT2D eigenvalue weighted by molar-refractivity contribution is 0.0240. The molecule has 1 aliphatic rings. The van der Waals surface area contributed by atoms with Gasteiger partial charge in [-0.25, -0.2) is 19.7 Å². The van der Waals surface area contributed by atoms with E-state index in [1.54, 1.807) is 18.2 Å². The van der Waals surface area contributed by atoms with E-state index in [1.165, 1.54) is 11.9 Å². The van der Waals surface area contributed by atoms with E-state index in [1.807, 2.05) is 70.1 Å². The number of aryl methyl sites for hydroxylation is 1. The number of pyridine rings is 1. The van der Waals surface area contributed by atoms with Gasteiger partial charge in [-0.3, -0.25) is 0 Å². The molecule has 0 saturated carbocycles.